The zero-order valence-electron chi connectivity index (χ0n) is 12.5. The van der Waals surface area contributed by atoms with Gasteiger partial charge in [-0.2, -0.15) is 0 Å². The molecule has 4 nitrogen and oxygen atoms in total. The molecule has 1 aliphatic rings. The summed E-state index contributed by atoms with van der Waals surface area (Å²) in [5.74, 6) is 0.00574. The van der Waals surface area contributed by atoms with E-state index in [9.17, 15) is 9.59 Å². The van der Waals surface area contributed by atoms with E-state index in [0.717, 1.165) is 17.5 Å². The van der Waals surface area contributed by atoms with E-state index in [0.29, 0.717) is 24.0 Å². The average Bonchev–Trinajstić information content (AvgIpc) is 2.94. The molecule has 4 heteroatoms. The highest BCUT2D eigenvalue weighted by molar-refractivity contribution is 6.05. The van der Waals surface area contributed by atoms with Crippen molar-refractivity contribution in [3.8, 4) is 0 Å². The minimum Gasteiger partial charge on any atom is -0.345 e. The van der Waals surface area contributed by atoms with Gasteiger partial charge < -0.3 is 5.32 Å². The molecule has 1 atom stereocenters. The van der Waals surface area contributed by atoms with E-state index >= 15 is 0 Å². The Balaban J connectivity index is 1.85. The van der Waals surface area contributed by atoms with Gasteiger partial charge in [0.1, 0.15) is 0 Å². The maximum atomic E-state index is 12.6. The molecule has 0 fully saturated rings. The van der Waals surface area contributed by atoms with Gasteiger partial charge >= 0.3 is 0 Å². The van der Waals surface area contributed by atoms with E-state index in [1.807, 2.05) is 19.1 Å². The van der Waals surface area contributed by atoms with Crippen LogP contribution in [0.1, 0.15) is 57.7 Å². The highest BCUT2D eigenvalue weighted by atomic mass is 16.1. The minimum atomic E-state index is -0.123. The molecule has 1 heterocycles. The van der Waals surface area contributed by atoms with Crippen LogP contribution in [0.3, 0.4) is 0 Å². The summed E-state index contributed by atoms with van der Waals surface area (Å²) in [6.45, 7) is 2.02. The Hall–Kier alpha value is -2.49. The van der Waals surface area contributed by atoms with E-state index in [2.05, 4.69) is 10.3 Å². The molecule has 22 heavy (non-hydrogen) atoms. The molecule has 0 saturated carbocycles. The molecule has 1 N–H and O–H groups in total. The van der Waals surface area contributed by atoms with Gasteiger partial charge in [-0.15, -0.1) is 0 Å². The number of aromatic nitrogens is 1. The molecular weight excluding hydrogens is 276 g/mol. The fourth-order valence-electron chi connectivity index (χ4n) is 2.94. The van der Waals surface area contributed by atoms with Gasteiger partial charge in [0.2, 0.25) is 0 Å². The highest BCUT2D eigenvalue weighted by Gasteiger charge is 2.25. The Morgan fingerprint density at radius 1 is 1.27 bits per heavy atom. The lowest BCUT2D eigenvalue weighted by Gasteiger charge is -2.18. The number of benzene rings is 1. The normalized spacial score (nSPS) is 14.5. The van der Waals surface area contributed by atoms with Crippen molar-refractivity contribution < 1.29 is 9.59 Å². The largest absolute Gasteiger partial charge is 0.345 e. The number of ketones is 1. The third-order valence-corrected chi connectivity index (χ3v) is 4.12. The number of carbonyl (C=O) groups excluding carboxylic acids is 2. The Morgan fingerprint density at radius 3 is 2.86 bits per heavy atom. The SMILES string of the molecule is CC[C@@H](NC(=O)c1cccc2c1CCC2=O)c1cccnc1. The molecule has 0 saturated heterocycles. The Labute approximate surface area is 129 Å². The van der Waals surface area contributed by atoms with Crippen LogP contribution >= 0.6 is 0 Å². The van der Waals surface area contributed by atoms with E-state index in [1.165, 1.54) is 0 Å². The first-order valence-electron chi connectivity index (χ1n) is 7.56. The third-order valence-electron chi connectivity index (χ3n) is 4.12. The molecule has 0 aliphatic heterocycles. The molecule has 0 bridgehead atoms. The maximum absolute atomic E-state index is 12.6. The summed E-state index contributed by atoms with van der Waals surface area (Å²) < 4.78 is 0. The van der Waals surface area contributed by atoms with Crippen molar-refractivity contribution in [3.63, 3.8) is 0 Å². The average molecular weight is 294 g/mol. The van der Waals surface area contributed by atoms with Crippen molar-refractivity contribution >= 4 is 11.7 Å². The molecule has 1 aliphatic carbocycles. The van der Waals surface area contributed by atoms with E-state index in [1.54, 1.807) is 30.6 Å². The van der Waals surface area contributed by atoms with Crippen molar-refractivity contribution in [2.75, 3.05) is 0 Å². The number of nitrogens with zero attached hydrogens (tertiary/aromatic N) is 1. The molecule has 3 rings (SSSR count). The first-order chi connectivity index (χ1) is 10.7. The molecule has 2 aromatic rings. The molecule has 1 amide bonds. The van der Waals surface area contributed by atoms with Crippen LogP contribution in [0, 0.1) is 0 Å². The number of hydrogen-bond donors (Lipinski definition) is 1. The van der Waals surface area contributed by atoms with Crippen molar-refractivity contribution in [2.24, 2.45) is 0 Å². The molecular formula is C18H18N2O2. The zero-order chi connectivity index (χ0) is 15.5. The van der Waals surface area contributed by atoms with E-state index < -0.39 is 0 Å². The minimum absolute atomic E-state index is 0.0749. The molecule has 1 aromatic carbocycles. The molecule has 0 spiro atoms. The van der Waals surface area contributed by atoms with Crippen molar-refractivity contribution in [1.82, 2.24) is 10.3 Å². The summed E-state index contributed by atoms with van der Waals surface area (Å²) in [6, 6.07) is 9.13. The first kappa shape index (κ1) is 14.4. The standard InChI is InChI=1S/C18H18N2O2/c1-2-16(12-5-4-10-19-11-12)20-18(22)15-7-3-6-14-13(15)8-9-17(14)21/h3-7,10-11,16H,2,8-9H2,1H3,(H,20,22)/t16-/m1/s1. The summed E-state index contributed by atoms with van der Waals surface area (Å²) in [5, 5.41) is 3.05. The molecule has 112 valence electrons. The van der Waals surface area contributed by atoms with Crippen LogP contribution in [0.4, 0.5) is 0 Å². The second-order valence-corrected chi connectivity index (χ2v) is 5.48. The molecule has 0 radical (unpaired) electrons. The first-order valence-corrected chi connectivity index (χ1v) is 7.56. The van der Waals surface area contributed by atoms with Gasteiger partial charge in [-0.1, -0.05) is 25.1 Å². The van der Waals surface area contributed by atoms with E-state index in [4.69, 9.17) is 0 Å². The van der Waals surface area contributed by atoms with Crippen molar-refractivity contribution in [3.05, 3.63) is 65.0 Å². The number of amides is 1. The monoisotopic (exact) mass is 294 g/mol. The Kier molecular flexibility index (Phi) is 4.00. The van der Waals surface area contributed by atoms with Crippen LogP contribution in [0.15, 0.2) is 42.7 Å². The second kappa shape index (κ2) is 6.10. The summed E-state index contributed by atoms with van der Waals surface area (Å²) in [5.41, 5.74) is 3.18. The Bertz CT molecular complexity index is 710. The number of pyridine rings is 1. The number of fused-ring (bicyclic) bond motifs is 1. The predicted molar refractivity (Wildman–Crippen MR) is 83.8 cm³/mol. The van der Waals surface area contributed by atoms with Gasteiger partial charge in [0.05, 0.1) is 6.04 Å². The van der Waals surface area contributed by atoms with Gasteiger partial charge in [-0.3, -0.25) is 14.6 Å². The van der Waals surface area contributed by atoms with Gasteiger partial charge in [-0.05, 0) is 36.1 Å². The predicted octanol–water partition coefficient (Wildman–Crippen LogP) is 3.09. The van der Waals surface area contributed by atoms with Crippen LogP contribution in [0.5, 0.6) is 0 Å². The van der Waals surface area contributed by atoms with Gasteiger partial charge in [0.25, 0.3) is 5.91 Å². The van der Waals surface area contributed by atoms with Crippen LogP contribution in [-0.2, 0) is 6.42 Å². The van der Waals surface area contributed by atoms with Crippen LogP contribution < -0.4 is 5.32 Å². The molecule has 1 aromatic heterocycles. The van der Waals surface area contributed by atoms with Crippen molar-refractivity contribution in [2.45, 2.75) is 32.2 Å². The number of nitrogens with one attached hydrogen (secondary N) is 1. The smallest absolute Gasteiger partial charge is 0.252 e. The van der Waals surface area contributed by atoms with Crippen LogP contribution in [0.25, 0.3) is 0 Å². The fourth-order valence-corrected chi connectivity index (χ4v) is 2.94. The van der Waals surface area contributed by atoms with Crippen LogP contribution in [0.2, 0.25) is 0 Å². The summed E-state index contributed by atoms with van der Waals surface area (Å²) in [7, 11) is 0. The Morgan fingerprint density at radius 2 is 2.14 bits per heavy atom. The van der Waals surface area contributed by atoms with Crippen molar-refractivity contribution in [1.29, 1.82) is 0 Å². The van der Waals surface area contributed by atoms with Crippen LogP contribution in [-0.4, -0.2) is 16.7 Å². The number of Topliss-reactive ketones (excluding diaryl/α,β-unsaturated/α-hetero) is 1. The van der Waals surface area contributed by atoms with Gasteiger partial charge in [0, 0.05) is 29.9 Å². The highest BCUT2D eigenvalue weighted by Crippen LogP contribution is 2.26. The zero-order valence-corrected chi connectivity index (χ0v) is 12.5. The summed E-state index contributed by atoms with van der Waals surface area (Å²) >= 11 is 0. The quantitative estimate of drug-likeness (QED) is 0.942. The lowest BCUT2D eigenvalue weighted by Crippen LogP contribution is -2.29. The number of carbonyl (C=O) groups is 2. The number of hydrogen-bond acceptors (Lipinski definition) is 3. The van der Waals surface area contributed by atoms with E-state index in [-0.39, 0.29) is 17.7 Å². The maximum Gasteiger partial charge on any atom is 0.252 e. The summed E-state index contributed by atoms with van der Waals surface area (Å²) in [6.07, 6.45) is 5.42. The van der Waals surface area contributed by atoms with Gasteiger partial charge in [0.15, 0.2) is 5.78 Å². The lowest BCUT2D eigenvalue weighted by molar-refractivity contribution is 0.0934. The molecule has 0 unspecified atom stereocenters. The number of rotatable bonds is 4. The third kappa shape index (κ3) is 2.64. The fraction of sp³-hybridized carbons (Fsp3) is 0.278. The summed E-state index contributed by atoms with van der Waals surface area (Å²) in [4.78, 5) is 28.5. The topological polar surface area (TPSA) is 59.1 Å². The second-order valence-electron chi connectivity index (χ2n) is 5.48. The van der Waals surface area contributed by atoms with Gasteiger partial charge in [-0.25, -0.2) is 0 Å². The lowest BCUT2D eigenvalue weighted by atomic mass is 10.0.